The molecule has 6 heteroatoms. The number of carbonyl (C=O) groups excluding carboxylic acids is 1. The summed E-state index contributed by atoms with van der Waals surface area (Å²) in [6, 6.07) is 9.18. The summed E-state index contributed by atoms with van der Waals surface area (Å²) in [5, 5.41) is -1.20. The second-order valence-corrected chi connectivity index (χ2v) is 6.31. The average Bonchev–Trinajstić information content (AvgIpc) is 2.37. The number of hydrogen-bond donors (Lipinski definition) is 0. The summed E-state index contributed by atoms with van der Waals surface area (Å²) in [7, 11) is -1.07. The van der Waals surface area contributed by atoms with E-state index in [-0.39, 0.29) is 6.54 Å². The summed E-state index contributed by atoms with van der Waals surface area (Å²) in [6.45, 7) is 1.55. The Labute approximate surface area is 107 Å². The van der Waals surface area contributed by atoms with E-state index < -0.39 is 21.2 Å². The van der Waals surface area contributed by atoms with Gasteiger partial charge in [0, 0.05) is 13.6 Å². The molecular weight excluding hydrogens is 254 g/mol. The highest BCUT2D eigenvalue weighted by atomic mass is 32.2. The maximum absolute atomic E-state index is 12.1. The van der Waals surface area contributed by atoms with Crippen LogP contribution in [0.2, 0.25) is 0 Å². The van der Waals surface area contributed by atoms with Gasteiger partial charge < -0.3 is 4.74 Å². The molecule has 0 saturated heterocycles. The summed E-state index contributed by atoms with van der Waals surface area (Å²) in [4.78, 5) is 11.3. The van der Waals surface area contributed by atoms with Crippen molar-refractivity contribution < 1.29 is 17.9 Å². The minimum atomic E-state index is -3.69. The molecule has 0 fully saturated rings. The van der Waals surface area contributed by atoms with Crippen LogP contribution in [0.3, 0.4) is 0 Å². The second kappa shape index (κ2) is 5.97. The molecule has 1 atom stereocenters. The highest BCUT2D eigenvalue weighted by Gasteiger charge is 2.32. The maximum Gasteiger partial charge on any atom is 0.325 e. The van der Waals surface area contributed by atoms with Gasteiger partial charge in [0.2, 0.25) is 10.0 Å². The molecule has 0 aromatic heterocycles. The first-order valence-corrected chi connectivity index (χ1v) is 6.97. The van der Waals surface area contributed by atoms with Gasteiger partial charge in [-0.05, 0) is 12.5 Å². The van der Waals surface area contributed by atoms with Crippen LogP contribution in [0.4, 0.5) is 0 Å². The normalized spacial score (nSPS) is 13.3. The van der Waals surface area contributed by atoms with Gasteiger partial charge in [0.05, 0.1) is 7.11 Å². The molecule has 0 aliphatic carbocycles. The molecule has 0 radical (unpaired) electrons. The lowest BCUT2D eigenvalue weighted by Crippen LogP contribution is -2.39. The molecule has 5 nitrogen and oxygen atoms in total. The zero-order valence-corrected chi connectivity index (χ0v) is 11.5. The number of methoxy groups -OCH3 is 1. The highest BCUT2D eigenvalue weighted by Crippen LogP contribution is 2.12. The Morgan fingerprint density at radius 1 is 1.33 bits per heavy atom. The topological polar surface area (TPSA) is 63.7 Å². The third-order valence-corrected chi connectivity index (χ3v) is 4.75. The van der Waals surface area contributed by atoms with Gasteiger partial charge in [-0.3, -0.25) is 4.79 Å². The number of ether oxygens (including phenoxy) is 1. The van der Waals surface area contributed by atoms with Crippen LogP contribution in [-0.4, -0.2) is 38.1 Å². The van der Waals surface area contributed by atoms with Gasteiger partial charge in [0.15, 0.2) is 5.25 Å². The summed E-state index contributed by atoms with van der Waals surface area (Å²) < 4.78 is 29.7. The van der Waals surface area contributed by atoms with Crippen molar-refractivity contribution in [2.45, 2.75) is 18.7 Å². The quantitative estimate of drug-likeness (QED) is 0.750. The van der Waals surface area contributed by atoms with Gasteiger partial charge in [-0.1, -0.05) is 30.3 Å². The Hall–Kier alpha value is -1.40. The number of esters is 1. The van der Waals surface area contributed by atoms with Gasteiger partial charge >= 0.3 is 5.97 Å². The zero-order valence-electron chi connectivity index (χ0n) is 10.7. The van der Waals surface area contributed by atoms with Gasteiger partial charge in [-0.15, -0.1) is 0 Å². The molecule has 18 heavy (non-hydrogen) atoms. The fourth-order valence-electron chi connectivity index (χ4n) is 1.49. The third-order valence-electron chi connectivity index (χ3n) is 2.66. The molecule has 0 aliphatic heterocycles. The Balaban J connectivity index is 2.83. The van der Waals surface area contributed by atoms with Crippen LogP contribution < -0.4 is 0 Å². The van der Waals surface area contributed by atoms with E-state index in [9.17, 15) is 13.2 Å². The molecule has 0 heterocycles. The smallest absolute Gasteiger partial charge is 0.325 e. The van der Waals surface area contributed by atoms with Crippen molar-refractivity contribution in [1.82, 2.24) is 4.31 Å². The van der Waals surface area contributed by atoms with Crippen molar-refractivity contribution in [3.8, 4) is 0 Å². The fourth-order valence-corrected chi connectivity index (χ4v) is 2.70. The van der Waals surface area contributed by atoms with E-state index >= 15 is 0 Å². The molecule has 100 valence electrons. The molecular formula is C12H17NO4S. The Morgan fingerprint density at radius 3 is 2.39 bits per heavy atom. The molecule has 0 amide bonds. The fraction of sp³-hybridized carbons (Fsp3) is 0.417. The SMILES string of the molecule is COC(=O)C(C)S(=O)(=O)N(C)Cc1ccccc1. The molecule has 0 aliphatic rings. The molecule has 0 bridgehead atoms. The lowest BCUT2D eigenvalue weighted by molar-refractivity contribution is -0.139. The average molecular weight is 271 g/mol. The van der Waals surface area contributed by atoms with Gasteiger partial charge in [-0.2, -0.15) is 4.31 Å². The van der Waals surface area contributed by atoms with E-state index in [2.05, 4.69) is 4.74 Å². The monoisotopic (exact) mass is 271 g/mol. The lowest BCUT2D eigenvalue weighted by atomic mass is 10.2. The van der Waals surface area contributed by atoms with Crippen molar-refractivity contribution in [2.75, 3.05) is 14.2 Å². The third kappa shape index (κ3) is 3.30. The van der Waals surface area contributed by atoms with E-state index in [0.29, 0.717) is 0 Å². The van der Waals surface area contributed by atoms with Crippen LogP contribution in [0.15, 0.2) is 30.3 Å². The summed E-state index contributed by atoms with van der Waals surface area (Å²) in [5.74, 6) is -0.755. The van der Waals surface area contributed by atoms with E-state index in [1.807, 2.05) is 30.3 Å². The van der Waals surface area contributed by atoms with Crippen LogP contribution >= 0.6 is 0 Å². The minimum absolute atomic E-state index is 0.227. The number of rotatable bonds is 5. The van der Waals surface area contributed by atoms with Crippen molar-refractivity contribution in [1.29, 1.82) is 0 Å². The van der Waals surface area contributed by atoms with Crippen molar-refractivity contribution in [3.63, 3.8) is 0 Å². The minimum Gasteiger partial charge on any atom is -0.468 e. The lowest BCUT2D eigenvalue weighted by Gasteiger charge is -2.20. The standard InChI is InChI=1S/C12H17NO4S/c1-10(12(14)17-3)18(15,16)13(2)9-11-7-5-4-6-8-11/h4-8,10H,9H2,1-3H3. The predicted molar refractivity (Wildman–Crippen MR) is 68.3 cm³/mol. The largest absolute Gasteiger partial charge is 0.468 e. The van der Waals surface area contributed by atoms with Crippen LogP contribution in [0.25, 0.3) is 0 Å². The first-order valence-electron chi connectivity index (χ1n) is 5.46. The summed E-state index contributed by atoms with van der Waals surface area (Å²) >= 11 is 0. The second-order valence-electron chi connectivity index (χ2n) is 3.95. The molecule has 0 spiro atoms. The van der Waals surface area contributed by atoms with Crippen LogP contribution in [-0.2, 0) is 26.1 Å². The van der Waals surface area contributed by atoms with E-state index in [4.69, 9.17) is 0 Å². The van der Waals surface area contributed by atoms with E-state index in [1.54, 1.807) is 0 Å². The summed E-state index contributed by atoms with van der Waals surface area (Å²) in [5.41, 5.74) is 0.862. The van der Waals surface area contributed by atoms with Gasteiger partial charge in [0.1, 0.15) is 0 Å². The summed E-state index contributed by atoms with van der Waals surface area (Å²) in [6.07, 6.45) is 0. The number of carbonyl (C=O) groups is 1. The first kappa shape index (κ1) is 14.7. The van der Waals surface area contributed by atoms with Crippen LogP contribution in [0.1, 0.15) is 12.5 Å². The van der Waals surface area contributed by atoms with E-state index in [1.165, 1.54) is 21.1 Å². The molecule has 1 unspecified atom stereocenters. The van der Waals surface area contributed by atoms with Gasteiger partial charge in [0.25, 0.3) is 0 Å². The number of nitrogens with zero attached hydrogens (tertiary/aromatic N) is 1. The van der Waals surface area contributed by atoms with Gasteiger partial charge in [-0.25, -0.2) is 8.42 Å². The molecule has 1 aromatic rings. The van der Waals surface area contributed by atoms with E-state index in [0.717, 1.165) is 9.87 Å². The van der Waals surface area contributed by atoms with Crippen molar-refractivity contribution in [3.05, 3.63) is 35.9 Å². The molecule has 0 saturated carbocycles. The van der Waals surface area contributed by atoms with Crippen molar-refractivity contribution >= 4 is 16.0 Å². The van der Waals surface area contributed by atoms with Crippen molar-refractivity contribution in [2.24, 2.45) is 0 Å². The zero-order chi connectivity index (χ0) is 13.8. The highest BCUT2D eigenvalue weighted by molar-refractivity contribution is 7.90. The Bertz CT molecular complexity index is 498. The molecule has 0 N–H and O–H groups in total. The molecule has 1 aromatic carbocycles. The number of hydrogen-bond acceptors (Lipinski definition) is 4. The van der Waals surface area contributed by atoms with Crippen LogP contribution in [0.5, 0.6) is 0 Å². The number of sulfonamides is 1. The predicted octanol–water partition coefficient (Wildman–Crippen LogP) is 1.01. The Kier molecular flexibility index (Phi) is 4.86. The molecule has 1 rings (SSSR count). The maximum atomic E-state index is 12.1. The van der Waals surface area contributed by atoms with Crippen LogP contribution in [0, 0.1) is 0 Å². The number of benzene rings is 1. The Morgan fingerprint density at radius 2 is 1.89 bits per heavy atom. The first-order chi connectivity index (χ1) is 8.39.